The number of halogens is 8. The Balaban J connectivity index is 2.29. The van der Waals surface area contributed by atoms with Gasteiger partial charge in [0.25, 0.3) is 0 Å². The Morgan fingerprint density at radius 1 is 0.440 bits per heavy atom. The zero-order chi connectivity index (χ0) is 19.0. The topological polar surface area (TPSA) is 40.5 Å². The second-order valence-corrected chi connectivity index (χ2v) is 11.4. The lowest BCUT2D eigenvalue weighted by Crippen LogP contribution is -1.97. The third kappa shape index (κ3) is 4.73. The van der Waals surface area contributed by atoms with Gasteiger partial charge in [-0.05, 0) is 158 Å². The summed E-state index contributed by atoms with van der Waals surface area (Å²) in [5.74, 6) is 0.304. The average Bonchev–Trinajstić information content (AvgIpc) is 2.60. The van der Waals surface area contributed by atoms with Crippen molar-refractivity contribution in [3.8, 4) is 11.5 Å². The van der Waals surface area contributed by atoms with Crippen LogP contribution in [0.5, 0.6) is 11.5 Å². The van der Waals surface area contributed by atoms with E-state index in [-0.39, 0.29) is 11.5 Å². The monoisotopic (exact) mass is 851 g/mol. The molecule has 0 amide bonds. The van der Waals surface area contributed by atoms with Crippen LogP contribution in [0, 0.1) is 0 Å². The van der Waals surface area contributed by atoms with Crippen molar-refractivity contribution in [2.24, 2.45) is 0 Å². The highest BCUT2D eigenvalue weighted by molar-refractivity contribution is 9.14. The van der Waals surface area contributed by atoms with E-state index >= 15 is 0 Å². The van der Waals surface area contributed by atoms with Crippen LogP contribution in [0.25, 0.3) is 0 Å². The molecule has 0 aliphatic rings. The van der Waals surface area contributed by atoms with Gasteiger partial charge in [-0.15, -0.1) is 0 Å². The van der Waals surface area contributed by atoms with Crippen LogP contribution in [0.15, 0.2) is 35.8 Å². The Bertz CT molecular complexity index is 723. The minimum absolute atomic E-state index is 0.152. The van der Waals surface area contributed by atoms with Gasteiger partial charge in [-0.2, -0.15) is 0 Å². The molecule has 0 radical (unpaired) electrons. The Morgan fingerprint density at radius 2 is 0.680 bits per heavy atom. The summed E-state index contributed by atoms with van der Waals surface area (Å²) in [6, 6.07) is 0. The Morgan fingerprint density at radius 3 is 0.920 bits per heavy atom. The normalized spacial score (nSPS) is 11.2. The van der Waals surface area contributed by atoms with E-state index in [1.807, 2.05) is 0 Å². The van der Waals surface area contributed by atoms with Gasteiger partial charge in [0.05, 0.1) is 17.9 Å². The van der Waals surface area contributed by atoms with E-state index in [9.17, 15) is 10.2 Å². The molecular weight excluding hydrogens is 851 g/mol. The lowest BCUT2D eigenvalue weighted by molar-refractivity contribution is 0.466. The summed E-state index contributed by atoms with van der Waals surface area (Å²) in [7, 11) is 0. The summed E-state index contributed by atoms with van der Waals surface area (Å²) < 4.78 is 5.78. The van der Waals surface area contributed by atoms with Gasteiger partial charge in [-0.25, -0.2) is 0 Å². The maximum Gasteiger partial charge on any atom is 0.146 e. The minimum atomic E-state index is 0.152. The van der Waals surface area contributed by atoms with Crippen molar-refractivity contribution < 1.29 is 10.2 Å². The molecule has 136 valence electrons. The fourth-order valence-electron chi connectivity index (χ4n) is 2.21. The molecule has 0 fully saturated rings. The van der Waals surface area contributed by atoms with Crippen LogP contribution in [0.1, 0.15) is 17.5 Å². The van der Waals surface area contributed by atoms with E-state index in [2.05, 4.69) is 127 Å². The van der Waals surface area contributed by atoms with E-state index < -0.39 is 0 Å². The van der Waals surface area contributed by atoms with Gasteiger partial charge in [0.2, 0.25) is 0 Å². The summed E-state index contributed by atoms with van der Waals surface area (Å²) >= 11 is 27.8. The largest absolute Gasteiger partial charge is 0.505 e. The smallest absolute Gasteiger partial charge is 0.146 e. The second kappa shape index (κ2) is 9.59. The van der Waals surface area contributed by atoms with Crippen molar-refractivity contribution in [3.63, 3.8) is 0 Å². The molecule has 0 aromatic heterocycles. The molecule has 2 aromatic rings. The Hall–Kier alpha value is 1.88. The van der Waals surface area contributed by atoms with Crippen LogP contribution >= 0.6 is 127 Å². The Labute approximate surface area is 212 Å². The van der Waals surface area contributed by atoms with Crippen molar-refractivity contribution in [1.82, 2.24) is 0 Å². The van der Waals surface area contributed by atoms with Gasteiger partial charge in [0.15, 0.2) is 0 Å². The number of phenols is 2. The van der Waals surface area contributed by atoms with Gasteiger partial charge < -0.3 is 10.2 Å². The van der Waals surface area contributed by atoms with E-state index in [0.717, 1.165) is 48.3 Å². The molecule has 0 bridgehead atoms. The molecule has 0 unspecified atom stereocenters. The van der Waals surface area contributed by atoms with Gasteiger partial charge in [-0.3, -0.25) is 0 Å². The number of benzene rings is 2. The quantitative estimate of drug-likeness (QED) is 0.301. The zero-order valence-electron chi connectivity index (χ0n) is 12.0. The predicted octanol–water partition coefficient (Wildman–Crippen LogP) is 9.37. The highest BCUT2D eigenvalue weighted by Crippen LogP contribution is 2.48. The van der Waals surface area contributed by atoms with E-state index in [1.54, 1.807) is 0 Å². The fourth-order valence-corrected chi connectivity index (χ4v) is 7.36. The molecule has 2 aromatic carbocycles. The van der Waals surface area contributed by atoms with Crippen LogP contribution in [0.3, 0.4) is 0 Å². The van der Waals surface area contributed by atoms with Crippen LogP contribution in [0.2, 0.25) is 0 Å². The zero-order valence-corrected chi connectivity index (χ0v) is 24.7. The molecule has 0 spiro atoms. The summed E-state index contributed by atoms with van der Waals surface area (Å²) in [4.78, 5) is 0. The van der Waals surface area contributed by atoms with Gasteiger partial charge in [-0.1, -0.05) is 0 Å². The average molecular weight is 859 g/mol. The number of hydrogen-bond acceptors (Lipinski definition) is 2. The molecule has 2 nitrogen and oxygen atoms in total. The fraction of sp³-hybridized carbons (Fsp3) is 0.200. The maximum atomic E-state index is 10.1. The molecule has 0 atom stereocenters. The molecule has 0 aliphatic heterocycles. The molecule has 2 N–H and O–H groups in total. The highest BCUT2D eigenvalue weighted by Gasteiger charge is 2.20. The standard InChI is InChI=1S/C15H8Br8O2/c16-6-4(7(17)11(21)14(24)10(6)20)2-1-3-5-8(18)12(22)15(25)13(23)9(5)19/h24-25H,1-3H2. The molecule has 2 rings (SSSR count). The number of aromatic hydroxyl groups is 2. The van der Waals surface area contributed by atoms with Crippen LogP contribution < -0.4 is 0 Å². The summed E-state index contributed by atoms with van der Waals surface area (Å²) in [6.07, 6.45) is 2.43. The van der Waals surface area contributed by atoms with Crippen LogP contribution in [0.4, 0.5) is 0 Å². The first-order valence-corrected chi connectivity index (χ1v) is 13.0. The van der Waals surface area contributed by atoms with Crippen molar-refractivity contribution in [3.05, 3.63) is 46.9 Å². The SMILES string of the molecule is Oc1c(Br)c(Br)c(CCCc2c(Br)c(Br)c(O)c(Br)c2Br)c(Br)c1Br. The molecule has 25 heavy (non-hydrogen) atoms. The maximum absolute atomic E-state index is 10.1. The molecule has 0 aliphatic carbocycles. The third-order valence-electron chi connectivity index (χ3n) is 3.52. The minimum Gasteiger partial charge on any atom is -0.505 e. The first-order chi connectivity index (χ1) is 11.6. The highest BCUT2D eigenvalue weighted by atomic mass is 79.9. The van der Waals surface area contributed by atoms with E-state index in [1.165, 1.54) is 0 Å². The lowest BCUT2D eigenvalue weighted by Gasteiger charge is -2.15. The predicted molar refractivity (Wildman–Crippen MR) is 130 cm³/mol. The van der Waals surface area contributed by atoms with E-state index in [4.69, 9.17) is 0 Å². The Kier molecular flexibility index (Phi) is 8.88. The van der Waals surface area contributed by atoms with Gasteiger partial charge in [0.1, 0.15) is 11.5 Å². The van der Waals surface area contributed by atoms with Crippen molar-refractivity contribution in [1.29, 1.82) is 0 Å². The summed E-state index contributed by atoms with van der Waals surface area (Å²) in [5, 5.41) is 20.1. The van der Waals surface area contributed by atoms with Crippen LogP contribution in [-0.2, 0) is 12.8 Å². The first-order valence-electron chi connectivity index (χ1n) is 6.67. The van der Waals surface area contributed by atoms with E-state index in [0.29, 0.717) is 17.9 Å². The summed E-state index contributed by atoms with van der Waals surface area (Å²) in [6.45, 7) is 0. The molecular formula is C15H8Br8O2. The lowest BCUT2D eigenvalue weighted by atomic mass is 10.0. The van der Waals surface area contributed by atoms with Gasteiger partial charge in [0, 0.05) is 17.9 Å². The van der Waals surface area contributed by atoms with Gasteiger partial charge >= 0.3 is 0 Å². The van der Waals surface area contributed by atoms with Crippen molar-refractivity contribution in [2.75, 3.05) is 0 Å². The van der Waals surface area contributed by atoms with Crippen molar-refractivity contribution >= 4 is 127 Å². The second-order valence-electron chi connectivity index (χ2n) is 5.02. The molecule has 10 heteroatoms. The third-order valence-corrected chi connectivity index (χ3v) is 12.2. The number of phenolic OH excluding ortho intramolecular Hbond substituents is 2. The number of hydrogen-bond donors (Lipinski definition) is 2. The molecule has 0 heterocycles. The molecule has 0 saturated carbocycles. The number of rotatable bonds is 4. The molecule has 0 saturated heterocycles. The first kappa shape index (κ1) is 23.2. The van der Waals surface area contributed by atoms with Crippen molar-refractivity contribution in [2.45, 2.75) is 19.3 Å². The summed E-state index contributed by atoms with van der Waals surface area (Å²) in [5.41, 5.74) is 2.11. The van der Waals surface area contributed by atoms with Crippen LogP contribution in [-0.4, -0.2) is 10.2 Å².